The molecule has 0 radical (unpaired) electrons. The van der Waals surface area contributed by atoms with Crippen LogP contribution in [0.25, 0.3) is 20.8 Å². The maximum absolute atomic E-state index is 12.3. The van der Waals surface area contributed by atoms with Gasteiger partial charge in [-0.05, 0) is 48.5 Å². The number of fused-ring (bicyclic) bond motifs is 1. The Morgan fingerprint density at radius 3 is 2.48 bits per heavy atom. The fourth-order valence-corrected chi connectivity index (χ4v) is 3.66. The van der Waals surface area contributed by atoms with E-state index in [1.807, 2.05) is 42.5 Å². The molecule has 1 heterocycles. The van der Waals surface area contributed by atoms with Crippen molar-refractivity contribution in [2.24, 2.45) is 0 Å². The predicted molar refractivity (Wildman–Crippen MR) is 111 cm³/mol. The number of thiazole rings is 1. The highest BCUT2D eigenvalue weighted by molar-refractivity contribution is 7.21. The molecule has 6 heteroatoms. The van der Waals surface area contributed by atoms with Gasteiger partial charge in [-0.25, -0.2) is 9.78 Å². The van der Waals surface area contributed by atoms with E-state index in [1.165, 1.54) is 0 Å². The zero-order valence-corrected chi connectivity index (χ0v) is 15.4. The molecule has 4 rings (SSSR count). The van der Waals surface area contributed by atoms with Crippen LogP contribution in [0, 0.1) is 0 Å². The summed E-state index contributed by atoms with van der Waals surface area (Å²) in [5.74, 6) is 0.740. The molecule has 0 aliphatic carbocycles. The molecule has 0 aliphatic heterocycles. The molecule has 1 aromatic heterocycles. The van der Waals surface area contributed by atoms with E-state index in [1.54, 1.807) is 42.7 Å². The van der Waals surface area contributed by atoms with Crippen molar-refractivity contribution in [2.45, 2.75) is 0 Å². The Bertz CT molecular complexity index is 1060. The lowest BCUT2D eigenvalue weighted by molar-refractivity contribution is 0.262. The maximum atomic E-state index is 12.3. The zero-order valence-electron chi connectivity index (χ0n) is 14.6. The van der Waals surface area contributed by atoms with Crippen molar-refractivity contribution >= 4 is 39.0 Å². The van der Waals surface area contributed by atoms with E-state index in [9.17, 15) is 4.79 Å². The van der Waals surface area contributed by atoms with E-state index < -0.39 is 0 Å². The number of anilines is 2. The summed E-state index contributed by atoms with van der Waals surface area (Å²) in [6.07, 6.45) is 0. The third-order valence-electron chi connectivity index (χ3n) is 4.01. The summed E-state index contributed by atoms with van der Waals surface area (Å²) in [6, 6.07) is 22.6. The molecule has 0 fully saturated rings. The number of hydrogen-bond acceptors (Lipinski definition) is 4. The SMILES string of the molecule is COc1ccc(NC(=O)Nc2cccc(-c3nc4ccccc4s3)c2)cc1. The van der Waals surface area contributed by atoms with E-state index in [0.717, 1.165) is 26.5 Å². The van der Waals surface area contributed by atoms with Crippen molar-refractivity contribution < 1.29 is 9.53 Å². The lowest BCUT2D eigenvalue weighted by atomic mass is 10.2. The van der Waals surface area contributed by atoms with Gasteiger partial charge in [0.25, 0.3) is 0 Å². The van der Waals surface area contributed by atoms with Crippen LogP contribution in [0.4, 0.5) is 16.2 Å². The topological polar surface area (TPSA) is 63.2 Å². The fraction of sp³-hybridized carbons (Fsp3) is 0.0476. The van der Waals surface area contributed by atoms with Gasteiger partial charge in [-0.15, -0.1) is 11.3 Å². The molecule has 2 amide bonds. The maximum Gasteiger partial charge on any atom is 0.323 e. The summed E-state index contributed by atoms with van der Waals surface area (Å²) >= 11 is 1.63. The first-order valence-electron chi connectivity index (χ1n) is 8.39. The minimum atomic E-state index is -0.304. The second-order valence-corrected chi connectivity index (χ2v) is 6.91. The van der Waals surface area contributed by atoms with Crippen LogP contribution in [-0.4, -0.2) is 18.1 Å². The smallest absolute Gasteiger partial charge is 0.323 e. The van der Waals surface area contributed by atoms with Crippen molar-refractivity contribution in [1.29, 1.82) is 0 Å². The Labute approximate surface area is 160 Å². The van der Waals surface area contributed by atoms with Gasteiger partial charge in [0.15, 0.2) is 0 Å². The molecule has 5 nitrogen and oxygen atoms in total. The van der Waals surface area contributed by atoms with Crippen LogP contribution >= 0.6 is 11.3 Å². The van der Waals surface area contributed by atoms with Crippen molar-refractivity contribution in [3.63, 3.8) is 0 Å². The third-order valence-corrected chi connectivity index (χ3v) is 5.09. The van der Waals surface area contributed by atoms with E-state index >= 15 is 0 Å². The highest BCUT2D eigenvalue weighted by Gasteiger charge is 2.08. The molecule has 0 bridgehead atoms. The van der Waals surface area contributed by atoms with Crippen molar-refractivity contribution in [2.75, 3.05) is 17.7 Å². The molecule has 0 saturated heterocycles. The van der Waals surface area contributed by atoms with E-state index in [0.29, 0.717) is 11.4 Å². The van der Waals surface area contributed by atoms with E-state index in [-0.39, 0.29) is 6.03 Å². The Kier molecular flexibility index (Phi) is 4.72. The number of para-hydroxylation sites is 1. The summed E-state index contributed by atoms with van der Waals surface area (Å²) in [6.45, 7) is 0. The van der Waals surface area contributed by atoms with Crippen LogP contribution in [0.5, 0.6) is 5.75 Å². The number of nitrogens with zero attached hydrogens (tertiary/aromatic N) is 1. The number of hydrogen-bond donors (Lipinski definition) is 2. The van der Waals surface area contributed by atoms with Crippen LogP contribution in [0.15, 0.2) is 72.8 Å². The number of amides is 2. The average molecular weight is 375 g/mol. The van der Waals surface area contributed by atoms with Crippen LogP contribution in [0.2, 0.25) is 0 Å². The first kappa shape index (κ1) is 17.1. The van der Waals surface area contributed by atoms with Crippen LogP contribution in [-0.2, 0) is 0 Å². The van der Waals surface area contributed by atoms with Crippen molar-refractivity contribution in [3.8, 4) is 16.3 Å². The Morgan fingerprint density at radius 1 is 0.926 bits per heavy atom. The quantitative estimate of drug-likeness (QED) is 0.487. The van der Waals surface area contributed by atoms with Crippen LogP contribution in [0.3, 0.4) is 0 Å². The molecule has 0 saturated carbocycles. The van der Waals surface area contributed by atoms with Crippen molar-refractivity contribution in [3.05, 3.63) is 72.8 Å². The monoisotopic (exact) mass is 375 g/mol. The van der Waals surface area contributed by atoms with Gasteiger partial charge in [-0.2, -0.15) is 0 Å². The number of carbonyl (C=O) groups excluding carboxylic acids is 1. The van der Waals surface area contributed by atoms with Gasteiger partial charge >= 0.3 is 6.03 Å². The van der Waals surface area contributed by atoms with Gasteiger partial charge in [0.05, 0.1) is 17.3 Å². The molecule has 0 unspecified atom stereocenters. The number of nitrogens with one attached hydrogen (secondary N) is 2. The van der Waals surface area contributed by atoms with Crippen LogP contribution < -0.4 is 15.4 Å². The Hall–Kier alpha value is -3.38. The highest BCUT2D eigenvalue weighted by atomic mass is 32.1. The molecule has 2 N–H and O–H groups in total. The van der Waals surface area contributed by atoms with Gasteiger partial charge in [0, 0.05) is 16.9 Å². The van der Waals surface area contributed by atoms with Gasteiger partial charge in [-0.1, -0.05) is 24.3 Å². The molecule has 0 aliphatic rings. The van der Waals surface area contributed by atoms with Crippen molar-refractivity contribution in [1.82, 2.24) is 4.98 Å². The summed E-state index contributed by atoms with van der Waals surface area (Å²) in [4.78, 5) is 16.9. The molecule has 27 heavy (non-hydrogen) atoms. The molecule has 134 valence electrons. The lowest BCUT2D eigenvalue weighted by Crippen LogP contribution is -2.19. The second-order valence-electron chi connectivity index (χ2n) is 5.88. The largest absolute Gasteiger partial charge is 0.497 e. The minimum absolute atomic E-state index is 0.304. The Balaban J connectivity index is 1.49. The molecule has 0 atom stereocenters. The number of benzene rings is 3. The molecular formula is C21H17N3O2S. The normalized spacial score (nSPS) is 10.6. The number of aromatic nitrogens is 1. The van der Waals surface area contributed by atoms with Crippen LogP contribution in [0.1, 0.15) is 0 Å². The first-order valence-corrected chi connectivity index (χ1v) is 9.21. The molecular weight excluding hydrogens is 358 g/mol. The van der Waals surface area contributed by atoms with Gasteiger partial charge in [0.1, 0.15) is 10.8 Å². The number of rotatable bonds is 4. The highest BCUT2D eigenvalue weighted by Crippen LogP contribution is 2.31. The summed E-state index contributed by atoms with van der Waals surface area (Å²) in [5.41, 5.74) is 3.35. The number of urea groups is 1. The lowest BCUT2D eigenvalue weighted by Gasteiger charge is -2.09. The van der Waals surface area contributed by atoms with Gasteiger partial charge in [0.2, 0.25) is 0 Å². The third kappa shape index (κ3) is 3.91. The number of methoxy groups -OCH3 is 1. The first-order chi connectivity index (χ1) is 13.2. The minimum Gasteiger partial charge on any atom is -0.497 e. The zero-order chi connectivity index (χ0) is 18.6. The second kappa shape index (κ2) is 7.47. The predicted octanol–water partition coefficient (Wildman–Crippen LogP) is 5.62. The standard InChI is InChI=1S/C21H17N3O2S/c1-26-17-11-9-15(10-12-17)22-21(25)23-16-6-4-5-14(13-16)20-24-18-7-2-3-8-19(18)27-20/h2-13H,1H3,(H2,22,23,25). The number of carbonyl (C=O) groups is 1. The summed E-state index contributed by atoms with van der Waals surface area (Å²) < 4.78 is 6.26. The number of ether oxygens (including phenoxy) is 1. The summed E-state index contributed by atoms with van der Waals surface area (Å²) in [7, 11) is 1.60. The summed E-state index contributed by atoms with van der Waals surface area (Å²) in [5, 5.41) is 6.59. The Morgan fingerprint density at radius 2 is 1.70 bits per heavy atom. The molecule has 0 spiro atoms. The van der Waals surface area contributed by atoms with Gasteiger partial charge < -0.3 is 15.4 Å². The average Bonchev–Trinajstić information content (AvgIpc) is 3.13. The fourth-order valence-electron chi connectivity index (χ4n) is 2.69. The molecule has 3 aromatic carbocycles. The molecule has 4 aromatic rings. The van der Waals surface area contributed by atoms with E-state index in [4.69, 9.17) is 4.74 Å². The van der Waals surface area contributed by atoms with E-state index in [2.05, 4.69) is 21.7 Å². The van der Waals surface area contributed by atoms with Gasteiger partial charge in [-0.3, -0.25) is 0 Å².